The van der Waals surface area contributed by atoms with E-state index in [-0.39, 0.29) is 11.9 Å². The van der Waals surface area contributed by atoms with Gasteiger partial charge < -0.3 is 20.1 Å². The Hall–Kier alpha value is -2.21. The maximum Gasteiger partial charge on any atom is 0.246 e. The monoisotopic (exact) mass is 390 g/mol. The largest absolute Gasteiger partial charge is 0.486 e. The molecule has 0 radical (unpaired) electrons. The summed E-state index contributed by atoms with van der Waals surface area (Å²) in [5, 5.41) is 6.10. The third-order valence-electron chi connectivity index (χ3n) is 3.74. The van der Waals surface area contributed by atoms with Gasteiger partial charge in [0, 0.05) is 21.9 Å². The lowest BCUT2D eigenvalue weighted by atomic mass is 10.2. The van der Waals surface area contributed by atoms with Gasteiger partial charge in [-0.15, -0.1) is 0 Å². The van der Waals surface area contributed by atoms with Crippen molar-refractivity contribution in [2.45, 2.75) is 19.9 Å². The maximum atomic E-state index is 12.4. The molecule has 0 fully saturated rings. The van der Waals surface area contributed by atoms with Crippen LogP contribution < -0.4 is 20.1 Å². The van der Waals surface area contributed by atoms with Gasteiger partial charge in [0.05, 0.1) is 0 Å². The van der Waals surface area contributed by atoms with Crippen molar-refractivity contribution in [1.82, 2.24) is 0 Å². The number of aryl methyl sites for hydroxylation is 1. The second-order valence-corrected chi connectivity index (χ2v) is 6.53. The zero-order valence-corrected chi connectivity index (χ0v) is 15.1. The molecule has 3 rings (SSSR count). The number of hydrogen-bond acceptors (Lipinski definition) is 4. The number of ether oxygens (including phenoxy) is 2. The van der Waals surface area contributed by atoms with Gasteiger partial charge in [0.25, 0.3) is 0 Å². The van der Waals surface area contributed by atoms with Gasteiger partial charge >= 0.3 is 0 Å². The molecule has 5 nitrogen and oxygen atoms in total. The second kappa shape index (κ2) is 7.13. The van der Waals surface area contributed by atoms with Crippen molar-refractivity contribution in [3.05, 3.63) is 46.4 Å². The number of amides is 1. The Balaban J connectivity index is 1.64. The quantitative estimate of drug-likeness (QED) is 0.828. The van der Waals surface area contributed by atoms with E-state index in [0.717, 1.165) is 15.7 Å². The number of fused-ring (bicyclic) bond motifs is 1. The van der Waals surface area contributed by atoms with Crippen molar-refractivity contribution in [2.24, 2.45) is 0 Å². The Morgan fingerprint density at radius 1 is 1.08 bits per heavy atom. The number of benzene rings is 2. The summed E-state index contributed by atoms with van der Waals surface area (Å²) in [5.74, 6) is 1.24. The first kappa shape index (κ1) is 16.6. The number of anilines is 2. The van der Waals surface area contributed by atoms with Crippen molar-refractivity contribution < 1.29 is 14.3 Å². The lowest BCUT2D eigenvalue weighted by Gasteiger charge is -2.20. The molecule has 1 aliphatic rings. The second-order valence-electron chi connectivity index (χ2n) is 5.68. The first-order valence-electron chi connectivity index (χ1n) is 7.76. The minimum Gasteiger partial charge on any atom is -0.486 e. The van der Waals surface area contributed by atoms with Gasteiger partial charge in [-0.1, -0.05) is 15.9 Å². The number of rotatable bonds is 4. The molecule has 24 heavy (non-hydrogen) atoms. The van der Waals surface area contributed by atoms with Crippen LogP contribution in [0.25, 0.3) is 0 Å². The van der Waals surface area contributed by atoms with Crippen LogP contribution in [0.5, 0.6) is 11.5 Å². The first-order valence-corrected chi connectivity index (χ1v) is 8.55. The van der Waals surface area contributed by atoms with Crippen LogP contribution in [0.2, 0.25) is 0 Å². The van der Waals surface area contributed by atoms with Crippen LogP contribution in [-0.4, -0.2) is 25.2 Å². The standard InChI is InChI=1S/C18H19BrN2O3/c1-11-9-13(3-5-15(11)19)20-12(2)18(22)21-14-4-6-16-17(10-14)24-8-7-23-16/h3-6,9-10,12,20H,7-8H2,1-2H3,(H,21,22)/t12-/m1/s1. The predicted molar refractivity (Wildman–Crippen MR) is 98.0 cm³/mol. The van der Waals surface area contributed by atoms with E-state index in [1.54, 1.807) is 12.1 Å². The van der Waals surface area contributed by atoms with E-state index in [1.165, 1.54) is 0 Å². The lowest BCUT2D eigenvalue weighted by Crippen LogP contribution is -2.31. The van der Waals surface area contributed by atoms with Crippen LogP contribution in [0.3, 0.4) is 0 Å². The van der Waals surface area contributed by atoms with Gasteiger partial charge in [-0.3, -0.25) is 4.79 Å². The summed E-state index contributed by atoms with van der Waals surface area (Å²) in [5.41, 5.74) is 2.70. The Kier molecular flexibility index (Phi) is 4.94. The molecule has 126 valence electrons. The van der Waals surface area contributed by atoms with E-state index in [1.807, 2.05) is 38.1 Å². The smallest absolute Gasteiger partial charge is 0.246 e. The Morgan fingerprint density at radius 3 is 2.54 bits per heavy atom. The molecular weight excluding hydrogens is 372 g/mol. The fourth-order valence-electron chi connectivity index (χ4n) is 2.42. The van der Waals surface area contributed by atoms with Gasteiger partial charge in [0.2, 0.25) is 5.91 Å². The van der Waals surface area contributed by atoms with Crippen molar-refractivity contribution in [2.75, 3.05) is 23.8 Å². The Bertz CT molecular complexity index is 764. The summed E-state index contributed by atoms with van der Waals surface area (Å²) in [6.45, 7) is 4.90. The third kappa shape index (κ3) is 3.82. The van der Waals surface area contributed by atoms with Crippen LogP contribution in [0.1, 0.15) is 12.5 Å². The number of carbonyl (C=O) groups is 1. The molecule has 0 spiro atoms. The normalized spacial score (nSPS) is 14.0. The number of nitrogens with one attached hydrogen (secondary N) is 2. The number of hydrogen-bond donors (Lipinski definition) is 2. The van der Waals surface area contributed by atoms with Crippen LogP contribution in [0.15, 0.2) is 40.9 Å². The highest BCUT2D eigenvalue weighted by Crippen LogP contribution is 2.32. The fourth-order valence-corrected chi connectivity index (χ4v) is 2.67. The molecule has 0 aromatic heterocycles. The van der Waals surface area contributed by atoms with Gasteiger partial charge in [-0.05, 0) is 49.7 Å². The van der Waals surface area contributed by atoms with Crippen molar-refractivity contribution in [1.29, 1.82) is 0 Å². The molecule has 1 heterocycles. The summed E-state index contributed by atoms with van der Waals surface area (Å²) in [7, 11) is 0. The zero-order chi connectivity index (χ0) is 17.1. The van der Waals surface area contributed by atoms with Gasteiger partial charge in [0.15, 0.2) is 11.5 Å². The average molecular weight is 391 g/mol. The summed E-state index contributed by atoms with van der Waals surface area (Å²) in [4.78, 5) is 12.4. The highest BCUT2D eigenvalue weighted by molar-refractivity contribution is 9.10. The van der Waals surface area contributed by atoms with Crippen LogP contribution in [-0.2, 0) is 4.79 Å². The summed E-state index contributed by atoms with van der Waals surface area (Å²) < 4.78 is 12.0. The lowest BCUT2D eigenvalue weighted by molar-refractivity contribution is -0.116. The fraction of sp³-hybridized carbons (Fsp3) is 0.278. The van der Waals surface area contributed by atoms with E-state index in [4.69, 9.17) is 9.47 Å². The molecule has 2 aromatic rings. The Morgan fingerprint density at radius 2 is 1.79 bits per heavy atom. The molecule has 1 atom stereocenters. The molecule has 0 unspecified atom stereocenters. The highest BCUT2D eigenvalue weighted by Gasteiger charge is 2.16. The molecule has 6 heteroatoms. The van der Waals surface area contributed by atoms with E-state index in [0.29, 0.717) is 30.4 Å². The van der Waals surface area contributed by atoms with Gasteiger partial charge in [0.1, 0.15) is 19.3 Å². The Labute approximate surface area is 149 Å². The van der Waals surface area contributed by atoms with Gasteiger partial charge in [-0.2, -0.15) is 0 Å². The topological polar surface area (TPSA) is 59.6 Å². The minimum absolute atomic E-state index is 0.118. The minimum atomic E-state index is -0.376. The van der Waals surface area contributed by atoms with E-state index in [2.05, 4.69) is 26.6 Å². The number of carbonyl (C=O) groups excluding carboxylic acids is 1. The zero-order valence-electron chi connectivity index (χ0n) is 13.6. The molecule has 0 saturated carbocycles. The van der Waals surface area contributed by atoms with Crippen molar-refractivity contribution in [3.8, 4) is 11.5 Å². The first-order chi connectivity index (χ1) is 11.5. The molecular formula is C18H19BrN2O3. The highest BCUT2D eigenvalue weighted by atomic mass is 79.9. The third-order valence-corrected chi connectivity index (χ3v) is 4.63. The van der Waals surface area contributed by atoms with E-state index in [9.17, 15) is 4.79 Å². The maximum absolute atomic E-state index is 12.4. The van der Waals surface area contributed by atoms with Gasteiger partial charge in [-0.25, -0.2) is 0 Å². The van der Waals surface area contributed by atoms with Crippen LogP contribution >= 0.6 is 15.9 Å². The van der Waals surface area contributed by atoms with Crippen LogP contribution in [0, 0.1) is 6.92 Å². The van der Waals surface area contributed by atoms with Crippen molar-refractivity contribution >= 4 is 33.2 Å². The molecule has 0 aliphatic carbocycles. The summed E-state index contributed by atoms with van der Waals surface area (Å²) >= 11 is 3.47. The molecule has 0 bridgehead atoms. The molecule has 2 N–H and O–H groups in total. The summed E-state index contributed by atoms with van der Waals surface area (Å²) in [6, 6.07) is 10.9. The average Bonchev–Trinajstić information content (AvgIpc) is 2.58. The van der Waals surface area contributed by atoms with E-state index < -0.39 is 0 Å². The van der Waals surface area contributed by atoms with E-state index >= 15 is 0 Å². The number of halogens is 1. The summed E-state index contributed by atoms with van der Waals surface area (Å²) in [6.07, 6.45) is 0. The molecule has 0 saturated heterocycles. The molecule has 2 aromatic carbocycles. The molecule has 1 amide bonds. The predicted octanol–water partition coefficient (Wildman–Crippen LogP) is 3.97. The molecule has 1 aliphatic heterocycles. The SMILES string of the molecule is Cc1cc(N[C@H](C)C(=O)Nc2ccc3c(c2)OCCO3)ccc1Br. The van der Waals surface area contributed by atoms with Crippen LogP contribution in [0.4, 0.5) is 11.4 Å². The van der Waals surface area contributed by atoms with Crippen molar-refractivity contribution in [3.63, 3.8) is 0 Å².